The molecule has 154 valence electrons. The van der Waals surface area contributed by atoms with E-state index in [0.717, 1.165) is 0 Å². The first-order valence-corrected chi connectivity index (χ1v) is 10.5. The molecule has 0 atom stereocenters. The van der Waals surface area contributed by atoms with Crippen molar-refractivity contribution in [3.05, 3.63) is 80.9 Å². The molecule has 0 spiro atoms. The number of amides is 1. The molecule has 0 aliphatic heterocycles. The van der Waals surface area contributed by atoms with Gasteiger partial charge in [-0.2, -0.15) is 0 Å². The van der Waals surface area contributed by atoms with Gasteiger partial charge in [-0.05, 0) is 42.8 Å². The van der Waals surface area contributed by atoms with Crippen LogP contribution in [-0.4, -0.2) is 18.5 Å². The summed E-state index contributed by atoms with van der Waals surface area (Å²) in [6, 6.07) is 10.8. The number of halogens is 3. The van der Waals surface area contributed by atoms with Crippen LogP contribution in [0.15, 0.2) is 53.9 Å². The van der Waals surface area contributed by atoms with Crippen LogP contribution in [0.1, 0.15) is 22.8 Å². The van der Waals surface area contributed by atoms with Crippen molar-refractivity contribution in [1.29, 1.82) is 0 Å². The summed E-state index contributed by atoms with van der Waals surface area (Å²) < 4.78 is 18.4. The van der Waals surface area contributed by atoms with Crippen molar-refractivity contribution in [2.24, 2.45) is 0 Å². The Hall–Kier alpha value is -2.67. The SMILES string of the molecule is CCOC(=O)c1c(-c2ccc(F)cc2)csc1NC(=O)/C=C/c1c(Cl)cccc1Cl. The third-order valence-electron chi connectivity index (χ3n) is 4.06. The van der Waals surface area contributed by atoms with Gasteiger partial charge in [-0.1, -0.05) is 41.4 Å². The smallest absolute Gasteiger partial charge is 0.341 e. The van der Waals surface area contributed by atoms with Crippen molar-refractivity contribution in [3.63, 3.8) is 0 Å². The third-order valence-corrected chi connectivity index (χ3v) is 5.62. The summed E-state index contributed by atoms with van der Waals surface area (Å²) in [6.07, 6.45) is 2.78. The number of benzene rings is 2. The number of thiophene rings is 1. The summed E-state index contributed by atoms with van der Waals surface area (Å²) in [7, 11) is 0. The second kappa shape index (κ2) is 9.89. The van der Waals surface area contributed by atoms with Gasteiger partial charge in [-0.3, -0.25) is 4.79 Å². The number of ether oxygens (including phenoxy) is 1. The molecule has 1 aromatic heterocycles. The van der Waals surface area contributed by atoms with Gasteiger partial charge in [0.2, 0.25) is 5.91 Å². The molecule has 0 saturated carbocycles. The number of esters is 1. The van der Waals surface area contributed by atoms with Crippen LogP contribution >= 0.6 is 34.5 Å². The fourth-order valence-electron chi connectivity index (χ4n) is 2.68. The number of nitrogens with one attached hydrogen (secondary N) is 1. The predicted molar refractivity (Wildman–Crippen MR) is 120 cm³/mol. The van der Waals surface area contributed by atoms with E-state index in [1.54, 1.807) is 42.6 Å². The number of carbonyl (C=O) groups excluding carboxylic acids is 2. The lowest BCUT2D eigenvalue weighted by Gasteiger charge is -2.08. The molecule has 0 bridgehead atoms. The third kappa shape index (κ3) is 5.08. The highest BCUT2D eigenvalue weighted by Crippen LogP contribution is 2.36. The zero-order valence-corrected chi connectivity index (χ0v) is 18.1. The van der Waals surface area contributed by atoms with Crippen LogP contribution in [0, 0.1) is 5.82 Å². The lowest BCUT2D eigenvalue weighted by Crippen LogP contribution is -2.12. The van der Waals surface area contributed by atoms with Crippen molar-refractivity contribution in [3.8, 4) is 11.1 Å². The van der Waals surface area contributed by atoms with Crippen LogP contribution in [0.5, 0.6) is 0 Å². The van der Waals surface area contributed by atoms with Crippen molar-refractivity contribution in [2.45, 2.75) is 6.92 Å². The van der Waals surface area contributed by atoms with Crippen molar-refractivity contribution < 1.29 is 18.7 Å². The molecule has 3 rings (SSSR count). The summed E-state index contributed by atoms with van der Waals surface area (Å²) >= 11 is 13.4. The van der Waals surface area contributed by atoms with Gasteiger partial charge in [0.15, 0.2) is 0 Å². The number of carbonyl (C=O) groups is 2. The number of anilines is 1. The maximum atomic E-state index is 13.3. The monoisotopic (exact) mass is 463 g/mol. The quantitative estimate of drug-likeness (QED) is 0.327. The van der Waals surface area contributed by atoms with Crippen LogP contribution in [0.3, 0.4) is 0 Å². The number of rotatable bonds is 6. The Morgan fingerprint density at radius 1 is 1.13 bits per heavy atom. The van der Waals surface area contributed by atoms with E-state index in [1.807, 2.05) is 0 Å². The molecule has 0 saturated heterocycles. The van der Waals surface area contributed by atoms with Gasteiger partial charge in [-0.15, -0.1) is 11.3 Å². The van der Waals surface area contributed by atoms with Gasteiger partial charge >= 0.3 is 5.97 Å². The van der Waals surface area contributed by atoms with Crippen molar-refractivity contribution in [2.75, 3.05) is 11.9 Å². The van der Waals surface area contributed by atoms with E-state index in [9.17, 15) is 14.0 Å². The second-order valence-corrected chi connectivity index (χ2v) is 7.73. The van der Waals surface area contributed by atoms with Crippen molar-refractivity contribution in [1.82, 2.24) is 0 Å². The molecule has 8 heteroatoms. The van der Waals surface area contributed by atoms with E-state index in [1.165, 1.54) is 35.6 Å². The van der Waals surface area contributed by atoms with Crippen LogP contribution in [0.25, 0.3) is 17.2 Å². The van der Waals surface area contributed by atoms with Crippen molar-refractivity contribution >= 4 is 57.5 Å². The molecule has 1 N–H and O–H groups in total. The zero-order valence-electron chi connectivity index (χ0n) is 15.7. The minimum absolute atomic E-state index is 0.176. The minimum Gasteiger partial charge on any atom is -0.462 e. The van der Waals surface area contributed by atoms with Gasteiger partial charge in [0.25, 0.3) is 0 Å². The van der Waals surface area contributed by atoms with Gasteiger partial charge in [-0.25, -0.2) is 9.18 Å². The van der Waals surface area contributed by atoms with Gasteiger partial charge < -0.3 is 10.1 Å². The molecule has 30 heavy (non-hydrogen) atoms. The fraction of sp³-hybridized carbons (Fsp3) is 0.0909. The van der Waals surface area contributed by atoms with Gasteiger partial charge in [0.05, 0.1) is 6.61 Å². The Balaban J connectivity index is 1.90. The Morgan fingerprint density at radius 3 is 2.43 bits per heavy atom. The standard InChI is InChI=1S/C22H16Cl2FNO3S/c1-2-29-22(28)20-16(13-6-8-14(25)9-7-13)12-30-21(20)26-19(27)11-10-15-17(23)4-3-5-18(15)24/h3-12H,2H2,1H3,(H,26,27)/b11-10+. The summed E-state index contributed by atoms with van der Waals surface area (Å²) in [5.41, 5.74) is 1.91. The van der Waals surface area contributed by atoms with E-state index < -0.39 is 11.9 Å². The minimum atomic E-state index is -0.577. The fourth-order valence-corrected chi connectivity index (χ4v) is 4.16. The average Bonchev–Trinajstić information content (AvgIpc) is 3.12. The van der Waals surface area contributed by atoms with E-state index in [0.29, 0.717) is 31.7 Å². The Kier molecular flexibility index (Phi) is 7.26. The van der Waals surface area contributed by atoms with E-state index in [4.69, 9.17) is 27.9 Å². The summed E-state index contributed by atoms with van der Waals surface area (Å²) in [5.74, 6) is -1.43. The average molecular weight is 464 g/mol. The molecular weight excluding hydrogens is 448 g/mol. The van der Waals surface area contributed by atoms with Crippen LogP contribution < -0.4 is 5.32 Å². The van der Waals surface area contributed by atoms with Gasteiger partial charge in [0.1, 0.15) is 16.4 Å². The lowest BCUT2D eigenvalue weighted by atomic mass is 10.0. The normalized spacial score (nSPS) is 10.9. The summed E-state index contributed by atoms with van der Waals surface area (Å²) in [4.78, 5) is 25.0. The molecule has 4 nitrogen and oxygen atoms in total. The summed E-state index contributed by atoms with van der Waals surface area (Å²) in [6.45, 7) is 1.87. The first-order chi connectivity index (χ1) is 14.4. The van der Waals surface area contributed by atoms with E-state index >= 15 is 0 Å². The molecule has 0 fully saturated rings. The summed E-state index contributed by atoms with van der Waals surface area (Å²) in [5, 5.41) is 5.55. The molecular formula is C22H16Cl2FNO3S. The van der Waals surface area contributed by atoms with E-state index in [-0.39, 0.29) is 18.0 Å². The molecule has 3 aromatic rings. The van der Waals surface area contributed by atoms with E-state index in [2.05, 4.69) is 5.32 Å². The molecule has 0 aliphatic carbocycles. The maximum absolute atomic E-state index is 13.3. The Labute approximate surface area is 186 Å². The largest absolute Gasteiger partial charge is 0.462 e. The topological polar surface area (TPSA) is 55.4 Å². The molecule has 2 aromatic carbocycles. The Morgan fingerprint density at radius 2 is 1.80 bits per heavy atom. The second-order valence-electron chi connectivity index (χ2n) is 6.04. The zero-order chi connectivity index (χ0) is 21.7. The molecule has 0 aliphatic rings. The number of hydrogen-bond donors (Lipinski definition) is 1. The highest BCUT2D eigenvalue weighted by Gasteiger charge is 2.22. The first kappa shape index (κ1) is 22.0. The van der Waals surface area contributed by atoms with Crippen LogP contribution in [0.4, 0.5) is 9.39 Å². The first-order valence-electron chi connectivity index (χ1n) is 8.88. The molecule has 0 radical (unpaired) electrons. The predicted octanol–water partition coefficient (Wildman–Crippen LogP) is 6.69. The number of hydrogen-bond acceptors (Lipinski definition) is 4. The molecule has 1 amide bonds. The maximum Gasteiger partial charge on any atom is 0.341 e. The Bertz CT molecular complexity index is 1090. The van der Waals surface area contributed by atoms with Crippen LogP contribution in [0.2, 0.25) is 10.0 Å². The molecule has 0 unspecified atom stereocenters. The lowest BCUT2D eigenvalue weighted by molar-refractivity contribution is -0.111. The van der Waals surface area contributed by atoms with Crippen LogP contribution in [-0.2, 0) is 9.53 Å². The molecule has 1 heterocycles. The highest BCUT2D eigenvalue weighted by molar-refractivity contribution is 7.15. The highest BCUT2D eigenvalue weighted by atomic mass is 35.5. The van der Waals surface area contributed by atoms with Gasteiger partial charge in [0, 0.05) is 32.6 Å².